The quantitative estimate of drug-likeness (QED) is 0.789. The number of pyridine rings is 1. The first-order chi connectivity index (χ1) is 10.1. The van der Waals surface area contributed by atoms with Crippen LogP contribution in [0.5, 0.6) is 0 Å². The molecule has 1 N–H and O–H groups in total. The summed E-state index contributed by atoms with van der Waals surface area (Å²) in [6.45, 7) is 0.364. The molecule has 1 amide bonds. The first-order valence-electron chi connectivity index (χ1n) is 6.42. The Morgan fingerprint density at radius 2 is 2.24 bits per heavy atom. The minimum absolute atomic E-state index is 0.190. The second-order valence-electron chi connectivity index (χ2n) is 4.65. The number of aromatic nitrogens is 2. The number of benzene rings is 1. The molecule has 0 saturated heterocycles. The Hall–Kier alpha value is -2.89. The van der Waals surface area contributed by atoms with E-state index < -0.39 is 5.76 Å². The molecule has 3 aromatic rings. The van der Waals surface area contributed by atoms with Gasteiger partial charge in [-0.05, 0) is 29.8 Å². The number of carbonyl (C=O) groups excluding carboxylic acids is 1. The van der Waals surface area contributed by atoms with Gasteiger partial charge in [-0.3, -0.25) is 14.3 Å². The van der Waals surface area contributed by atoms with E-state index >= 15 is 0 Å². The van der Waals surface area contributed by atoms with Crippen molar-refractivity contribution in [2.45, 2.75) is 6.54 Å². The highest BCUT2D eigenvalue weighted by molar-refractivity contribution is 5.93. The van der Waals surface area contributed by atoms with E-state index in [1.165, 1.54) is 10.8 Å². The lowest BCUT2D eigenvalue weighted by Crippen LogP contribution is -2.22. The normalized spacial score (nSPS) is 10.7. The molecule has 21 heavy (non-hydrogen) atoms. The van der Waals surface area contributed by atoms with Crippen molar-refractivity contribution in [3.63, 3.8) is 0 Å². The Morgan fingerprint density at radius 1 is 1.38 bits per heavy atom. The number of oxazole rings is 1. The lowest BCUT2D eigenvalue weighted by molar-refractivity contribution is 0.0950. The number of nitrogens with one attached hydrogen (secondary N) is 1. The zero-order valence-electron chi connectivity index (χ0n) is 11.4. The zero-order valence-corrected chi connectivity index (χ0v) is 11.4. The Bertz CT molecular complexity index is 849. The van der Waals surface area contributed by atoms with Gasteiger partial charge in [0.2, 0.25) is 0 Å². The van der Waals surface area contributed by atoms with Crippen molar-refractivity contribution < 1.29 is 9.21 Å². The molecule has 2 heterocycles. The van der Waals surface area contributed by atoms with E-state index in [1.807, 2.05) is 12.1 Å². The predicted molar refractivity (Wildman–Crippen MR) is 76.9 cm³/mol. The average molecular weight is 283 g/mol. The van der Waals surface area contributed by atoms with Crippen LogP contribution < -0.4 is 11.1 Å². The predicted octanol–water partition coefficient (Wildman–Crippen LogP) is 1.46. The third kappa shape index (κ3) is 2.55. The molecule has 0 fully saturated rings. The van der Waals surface area contributed by atoms with Crippen molar-refractivity contribution in [1.29, 1.82) is 0 Å². The maximum atomic E-state index is 11.9. The van der Waals surface area contributed by atoms with Crippen LogP contribution in [-0.4, -0.2) is 15.5 Å². The van der Waals surface area contributed by atoms with Crippen LogP contribution in [0.2, 0.25) is 0 Å². The van der Waals surface area contributed by atoms with Gasteiger partial charge >= 0.3 is 5.76 Å². The van der Waals surface area contributed by atoms with E-state index in [4.69, 9.17) is 4.42 Å². The monoisotopic (exact) mass is 283 g/mol. The topological polar surface area (TPSA) is 77.1 Å². The molecule has 3 rings (SSSR count). The van der Waals surface area contributed by atoms with Gasteiger partial charge in [0.15, 0.2) is 5.58 Å². The molecule has 0 radical (unpaired) electrons. The van der Waals surface area contributed by atoms with Crippen molar-refractivity contribution >= 4 is 17.0 Å². The number of aryl methyl sites for hydroxylation is 1. The Kier molecular flexibility index (Phi) is 3.27. The van der Waals surface area contributed by atoms with Gasteiger partial charge in [0.25, 0.3) is 5.91 Å². The molecule has 0 unspecified atom stereocenters. The molecule has 106 valence electrons. The van der Waals surface area contributed by atoms with Gasteiger partial charge in [0, 0.05) is 26.0 Å². The van der Waals surface area contributed by atoms with Gasteiger partial charge in [-0.2, -0.15) is 0 Å². The summed E-state index contributed by atoms with van der Waals surface area (Å²) in [4.78, 5) is 27.3. The van der Waals surface area contributed by atoms with Crippen LogP contribution in [0.25, 0.3) is 11.1 Å². The average Bonchev–Trinajstić information content (AvgIpc) is 2.80. The summed E-state index contributed by atoms with van der Waals surface area (Å²) in [5, 5.41) is 2.81. The van der Waals surface area contributed by atoms with Crippen molar-refractivity contribution in [3.8, 4) is 0 Å². The van der Waals surface area contributed by atoms with Gasteiger partial charge < -0.3 is 9.73 Å². The van der Waals surface area contributed by atoms with E-state index in [0.29, 0.717) is 23.2 Å². The molecule has 2 aromatic heterocycles. The number of hydrogen-bond acceptors (Lipinski definition) is 4. The summed E-state index contributed by atoms with van der Waals surface area (Å²) >= 11 is 0. The molecule has 0 aliphatic rings. The number of carbonyl (C=O) groups is 1. The molecule has 0 atom stereocenters. The molecule has 1 aromatic carbocycles. The smallest absolute Gasteiger partial charge is 0.408 e. The summed E-state index contributed by atoms with van der Waals surface area (Å²) in [6, 6.07) is 8.77. The summed E-state index contributed by atoms with van der Waals surface area (Å²) in [7, 11) is 1.65. The van der Waals surface area contributed by atoms with Crippen LogP contribution in [0.15, 0.2) is 51.9 Å². The van der Waals surface area contributed by atoms with Crippen molar-refractivity contribution in [1.82, 2.24) is 14.9 Å². The third-order valence-electron chi connectivity index (χ3n) is 3.23. The molecule has 6 nitrogen and oxygen atoms in total. The van der Waals surface area contributed by atoms with Gasteiger partial charge in [-0.25, -0.2) is 4.79 Å². The lowest BCUT2D eigenvalue weighted by atomic mass is 10.2. The molecule has 0 spiro atoms. The van der Waals surface area contributed by atoms with Crippen molar-refractivity contribution in [2.24, 2.45) is 7.05 Å². The highest BCUT2D eigenvalue weighted by Crippen LogP contribution is 2.14. The van der Waals surface area contributed by atoms with E-state index in [2.05, 4.69) is 10.3 Å². The molecule has 0 saturated carbocycles. The van der Waals surface area contributed by atoms with Crippen LogP contribution in [-0.2, 0) is 13.6 Å². The van der Waals surface area contributed by atoms with E-state index in [9.17, 15) is 9.59 Å². The summed E-state index contributed by atoms with van der Waals surface area (Å²) in [5.41, 5.74) is 2.63. The number of nitrogens with zero attached hydrogens (tertiary/aromatic N) is 2. The number of amides is 1. The van der Waals surface area contributed by atoms with E-state index in [-0.39, 0.29) is 5.91 Å². The minimum Gasteiger partial charge on any atom is -0.408 e. The fourth-order valence-electron chi connectivity index (χ4n) is 2.06. The lowest BCUT2D eigenvalue weighted by Gasteiger charge is -2.05. The highest BCUT2D eigenvalue weighted by atomic mass is 16.4. The first kappa shape index (κ1) is 13.1. The molecule has 0 aliphatic carbocycles. The number of hydrogen-bond donors (Lipinski definition) is 1. The standard InChI is InChI=1S/C15H13N3O3/c1-18-12-7-10(4-5-13(12)21-15(18)20)8-17-14(19)11-3-2-6-16-9-11/h2-7,9H,8H2,1H3,(H,17,19). The van der Waals surface area contributed by atoms with Crippen LogP contribution in [0, 0.1) is 0 Å². The van der Waals surface area contributed by atoms with E-state index in [1.54, 1.807) is 31.4 Å². The van der Waals surface area contributed by atoms with Gasteiger partial charge in [-0.1, -0.05) is 6.07 Å². The summed E-state index contributed by atoms with van der Waals surface area (Å²) in [5.74, 6) is -0.592. The molecular formula is C15H13N3O3. The summed E-state index contributed by atoms with van der Waals surface area (Å²) in [6.07, 6.45) is 3.13. The molecule has 6 heteroatoms. The third-order valence-corrected chi connectivity index (χ3v) is 3.23. The van der Waals surface area contributed by atoms with Gasteiger partial charge in [0.1, 0.15) is 0 Å². The SMILES string of the molecule is Cn1c(=O)oc2ccc(CNC(=O)c3cccnc3)cc21. The van der Waals surface area contributed by atoms with Gasteiger partial charge in [0.05, 0.1) is 11.1 Å². The van der Waals surface area contributed by atoms with Crippen molar-refractivity contribution in [2.75, 3.05) is 0 Å². The second kappa shape index (κ2) is 5.24. The van der Waals surface area contributed by atoms with Crippen LogP contribution in [0.1, 0.15) is 15.9 Å². The molecular weight excluding hydrogens is 270 g/mol. The molecule has 0 bridgehead atoms. The largest absolute Gasteiger partial charge is 0.419 e. The Labute approximate surface area is 120 Å². The minimum atomic E-state index is -0.401. The summed E-state index contributed by atoms with van der Waals surface area (Å²) < 4.78 is 6.49. The second-order valence-corrected chi connectivity index (χ2v) is 4.65. The van der Waals surface area contributed by atoms with Crippen LogP contribution in [0.3, 0.4) is 0 Å². The van der Waals surface area contributed by atoms with Crippen LogP contribution >= 0.6 is 0 Å². The van der Waals surface area contributed by atoms with Gasteiger partial charge in [-0.15, -0.1) is 0 Å². The van der Waals surface area contributed by atoms with Crippen LogP contribution in [0.4, 0.5) is 0 Å². The zero-order chi connectivity index (χ0) is 14.8. The van der Waals surface area contributed by atoms with Crippen molar-refractivity contribution in [3.05, 3.63) is 64.4 Å². The fraction of sp³-hybridized carbons (Fsp3) is 0.133. The maximum Gasteiger partial charge on any atom is 0.419 e. The fourth-order valence-corrected chi connectivity index (χ4v) is 2.06. The molecule has 0 aliphatic heterocycles. The Morgan fingerprint density at radius 3 is 3.00 bits per heavy atom. The Balaban J connectivity index is 1.78. The number of fused-ring (bicyclic) bond motifs is 1. The first-order valence-corrected chi connectivity index (χ1v) is 6.42. The van der Waals surface area contributed by atoms with E-state index in [0.717, 1.165) is 5.56 Å². The highest BCUT2D eigenvalue weighted by Gasteiger charge is 2.08. The maximum absolute atomic E-state index is 11.9. The number of rotatable bonds is 3.